The van der Waals surface area contributed by atoms with Gasteiger partial charge >= 0.3 is 0 Å². The Labute approximate surface area is 155 Å². The van der Waals surface area contributed by atoms with Crippen LogP contribution in [0.1, 0.15) is 16.2 Å². The Morgan fingerprint density at radius 1 is 1.00 bits per heavy atom. The van der Waals surface area contributed by atoms with Gasteiger partial charge in [0.15, 0.2) is 0 Å². The molecule has 0 saturated carbocycles. The van der Waals surface area contributed by atoms with Gasteiger partial charge in [0.05, 0.1) is 18.8 Å². The molecule has 0 spiro atoms. The number of anilines is 2. The molecule has 0 bridgehead atoms. The molecule has 2 heterocycles. The molecule has 27 heavy (non-hydrogen) atoms. The van der Waals surface area contributed by atoms with Gasteiger partial charge in [-0.1, -0.05) is 0 Å². The predicted octanol–water partition coefficient (Wildman–Crippen LogP) is 3.46. The summed E-state index contributed by atoms with van der Waals surface area (Å²) in [7, 11) is 1.89. The minimum Gasteiger partial charge on any atom is -0.369 e. The number of hydrogen-bond acceptors (Lipinski definition) is 3. The monoisotopic (exact) mass is 368 g/mol. The maximum Gasteiger partial charge on any atom is 0.276 e. The molecule has 1 aromatic heterocycles. The van der Waals surface area contributed by atoms with Gasteiger partial charge in [0.25, 0.3) is 5.91 Å². The average Bonchev–Trinajstić information content (AvgIpc) is 3.07. The summed E-state index contributed by atoms with van der Waals surface area (Å²) in [4.78, 5) is 16.4. The van der Waals surface area contributed by atoms with Gasteiger partial charge in [-0.05, 0) is 54.6 Å². The molecule has 5 nitrogen and oxygen atoms in total. The van der Waals surface area contributed by atoms with Crippen molar-refractivity contribution in [3.63, 3.8) is 0 Å². The summed E-state index contributed by atoms with van der Waals surface area (Å²) in [6, 6.07) is 13.9. The molecule has 0 unspecified atom stereocenters. The van der Waals surface area contributed by atoms with Gasteiger partial charge in [0.2, 0.25) is 0 Å². The lowest BCUT2D eigenvalue weighted by Crippen LogP contribution is -2.40. The molecule has 1 amide bonds. The van der Waals surface area contributed by atoms with Crippen molar-refractivity contribution in [1.29, 1.82) is 0 Å². The van der Waals surface area contributed by atoms with E-state index in [0.717, 1.165) is 11.4 Å². The standard InChI is InChI=1S/C20H18F2N4O/c1-24(17-6-2-14(21)3-7-17)13-16-12-19-20(27)25(10-11-26(19)23-16)18-8-4-15(22)5-9-18/h2-9,12H,10-11,13H2,1H3. The van der Waals surface area contributed by atoms with Crippen LogP contribution in [0.4, 0.5) is 20.2 Å². The first-order valence-corrected chi connectivity index (χ1v) is 8.62. The lowest BCUT2D eigenvalue weighted by molar-refractivity contribution is 0.0962. The van der Waals surface area contributed by atoms with Crippen LogP contribution in [0.25, 0.3) is 0 Å². The van der Waals surface area contributed by atoms with Crippen molar-refractivity contribution in [2.45, 2.75) is 13.1 Å². The van der Waals surface area contributed by atoms with Crippen LogP contribution in [0.2, 0.25) is 0 Å². The first-order valence-electron chi connectivity index (χ1n) is 8.62. The summed E-state index contributed by atoms with van der Waals surface area (Å²) >= 11 is 0. The molecule has 1 aliphatic heterocycles. The average molecular weight is 368 g/mol. The fourth-order valence-corrected chi connectivity index (χ4v) is 3.22. The first-order chi connectivity index (χ1) is 13.0. The Hall–Kier alpha value is -3.22. The van der Waals surface area contributed by atoms with Gasteiger partial charge in [0.1, 0.15) is 17.3 Å². The summed E-state index contributed by atoms with van der Waals surface area (Å²) in [5.74, 6) is -0.772. The zero-order valence-corrected chi connectivity index (χ0v) is 14.8. The van der Waals surface area contributed by atoms with Crippen molar-refractivity contribution in [3.8, 4) is 0 Å². The third kappa shape index (κ3) is 3.40. The molecule has 4 rings (SSSR count). The summed E-state index contributed by atoms with van der Waals surface area (Å²) in [6.45, 7) is 1.54. The molecule has 0 radical (unpaired) electrons. The maximum atomic E-state index is 13.1. The van der Waals surface area contributed by atoms with Gasteiger partial charge in [-0.25, -0.2) is 8.78 Å². The molecular weight excluding hydrogens is 350 g/mol. The maximum absolute atomic E-state index is 13.1. The molecule has 0 aliphatic carbocycles. The summed E-state index contributed by atoms with van der Waals surface area (Å²) in [5.41, 5.74) is 2.79. The van der Waals surface area contributed by atoms with E-state index in [4.69, 9.17) is 0 Å². The minimum atomic E-state index is -0.334. The van der Waals surface area contributed by atoms with Crippen molar-refractivity contribution in [2.24, 2.45) is 0 Å². The van der Waals surface area contributed by atoms with Crippen molar-refractivity contribution in [2.75, 3.05) is 23.4 Å². The molecule has 2 aromatic carbocycles. The second-order valence-electron chi connectivity index (χ2n) is 6.51. The van der Waals surface area contributed by atoms with E-state index in [1.165, 1.54) is 24.3 Å². The van der Waals surface area contributed by atoms with Crippen LogP contribution in [0, 0.1) is 11.6 Å². The van der Waals surface area contributed by atoms with Crippen LogP contribution in [0.3, 0.4) is 0 Å². The van der Waals surface area contributed by atoms with E-state index in [0.29, 0.717) is 31.0 Å². The second-order valence-corrected chi connectivity index (χ2v) is 6.51. The predicted molar refractivity (Wildman–Crippen MR) is 98.8 cm³/mol. The number of hydrogen-bond donors (Lipinski definition) is 0. The van der Waals surface area contributed by atoms with Gasteiger partial charge in [-0.2, -0.15) is 5.10 Å². The number of rotatable bonds is 4. The first kappa shape index (κ1) is 17.2. The topological polar surface area (TPSA) is 41.4 Å². The SMILES string of the molecule is CN(Cc1cc2n(n1)CCN(c1ccc(F)cc1)C2=O)c1ccc(F)cc1. The largest absolute Gasteiger partial charge is 0.369 e. The minimum absolute atomic E-state index is 0.156. The Morgan fingerprint density at radius 2 is 1.63 bits per heavy atom. The summed E-state index contributed by atoms with van der Waals surface area (Å²) in [6.07, 6.45) is 0. The zero-order chi connectivity index (χ0) is 19.0. The van der Waals surface area contributed by atoms with Gasteiger partial charge in [-0.15, -0.1) is 0 Å². The third-order valence-corrected chi connectivity index (χ3v) is 4.64. The van der Waals surface area contributed by atoms with Gasteiger partial charge in [0, 0.05) is 25.0 Å². The number of carbonyl (C=O) groups excluding carboxylic acids is 1. The summed E-state index contributed by atoms with van der Waals surface area (Å²) in [5, 5.41) is 4.52. The molecule has 0 saturated heterocycles. The Morgan fingerprint density at radius 3 is 2.30 bits per heavy atom. The number of carbonyl (C=O) groups is 1. The van der Waals surface area contributed by atoms with E-state index in [1.54, 1.807) is 39.9 Å². The van der Waals surface area contributed by atoms with E-state index in [1.807, 2.05) is 11.9 Å². The normalized spacial score (nSPS) is 13.6. The van der Waals surface area contributed by atoms with Crippen molar-refractivity contribution in [3.05, 3.63) is 77.6 Å². The van der Waals surface area contributed by atoms with E-state index < -0.39 is 0 Å². The van der Waals surface area contributed by atoms with Crippen LogP contribution in [-0.4, -0.2) is 29.3 Å². The van der Waals surface area contributed by atoms with Gasteiger partial charge < -0.3 is 9.80 Å². The number of fused-ring (bicyclic) bond motifs is 1. The molecule has 0 N–H and O–H groups in total. The Kier molecular flexibility index (Phi) is 4.35. The Balaban J connectivity index is 1.53. The summed E-state index contributed by atoms with van der Waals surface area (Å²) < 4.78 is 27.9. The number of aromatic nitrogens is 2. The Bertz CT molecular complexity index is 967. The highest BCUT2D eigenvalue weighted by atomic mass is 19.1. The van der Waals surface area contributed by atoms with E-state index >= 15 is 0 Å². The smallest absolute Gasteiger partial charge is 0.276 e. The molecule has 138 valence electrons. The van der Waals surface area contributed by atoms with Crippen LogP contribution in [0.15, 0.2) is 54.6 Å². The van der Waals surface area contributed by atoms with E-state index in [-0.39, 0.29) is 17.5 Å². The highest BCUT2D eigenvalue weighted by Gasteiger charge is 2.27. The van der Waals surface area contributed by atoms with Crippen molar-refractivity contribution < 1.29 is 13.6 Å². The van der Waals surface area contributed by atoms with E-state index in [9.17, 15) is 13.6 Å². The van der Waals surface area contributed by atoms with Crippen LogP contribution >= 0.6 is 0 Å². The molecule has 3 aromatic rings. The number of amides is 1. The van der Waals surface area contributed by atoms with Gasteiger partial charge in [-0.3, -0.25) is 9.48 Å². The number of halogens is 2. The highest BCUT2D eigenvalue weighted by molar-refractivity contribution is 6.05. The fourth-order valence-electron chi connectivity index (χ4n) is 3.22. The van der Waals surface area contributed by atoms with Crippen LogP contribution in [0.5, 0.6) is 0 Å². The molecule has 0 atom stereocenters. The van der Waals surface area contributed by atoms with Crippen molar-refractivity contribution >= 4 is 17.3 Å². The third-order valence-electron chi connectivity index (χ3n) is 4.64. The van der Waals surface area contributed by atoms with Crippen LogP contribution < -0.4 is 9.80 Å². The molecular formula is C20H18F2N4O. The van der Waals surface area contributed by atoms with E-state index in [2.05, 4.69) is 5.10 Å². The quantitative estimate of drug-likeness (QED) is 0.708. The fraction of sp³-hybridized carbons (Fsp3) is 0.200. The zero-order valence-electron chi connectivity index (χ0n) is 14.8. The van der Waals surface area contributed by atoms with Crippen LogP contribution in [-0.2, 0) is 13.1 Å². The number of nitrogens with zero attached hydrogens (tertiary/aromatic N) is 4. The molecule has 1 aliphatic rings. The second kappa shape index (κ2) is 6.83. The molecule has 7 heteroatoms. The van der Waals surface area contributed by atoms with Crippen molar-refractivity contribution in [1.82, 2.24) is 9.78 Å². The molecule has 0 fully saturated rings. The highest BCUT2D eigenvalue weighted by Crippen LogP contribution is 2.23. The lowest BCUT2D eigenvalue weighted by Gasteiger charge is -2.27. The number of benzene rings is 2. The lowest BCUT2D eigenvalue weighted by atomic mass is 10.2.